The molecule has 5 aromatic rings. The van der Waals surface area contributed by atoms with Crippen molar-refractivity contribution in [2.75, 3.05) is 20.2 Å². The zero-order valence-corrected chi connectivity index (χ0v) is 32.1. The molecule has 2 saturated heterocycles. The molecule has 11 nitrogen and oxygen atoms in total. The molecule has 284 valence electrons. The minimum atomic E-state index is -0.136. The first-order chi connectivity index (χ1) is 26.7. The second-order valence-corrected chi connectivity index (χ2v) is 15.5. The van der Waals surface area contributed by atoms with Crippen LogP contribution in [0, 0.1) is 0 Å². The summed E-state index contributed by atoms with van der Waals surface area (Å²) >= 11 is 14.1. The quantitative estimate of drug-likeness (QED) is 0.119. The highest BCUT2D eigenvalue weighted by atomic mass is 35.5. The molecule has 0 unspecified atom stereocenters. The summed E-state index contributed by atoms with van der Waals surface area (Å²) in [5, 5.41) is 13.9. The molecule has 55 heavy (non-hydrogen) atoms. The number of fused-ring (bicyclic) bond motifs is 2. The molecule has 0 spiro atoms. The van der Waals surface area contributed by atoms with Crippen molar-refractivity contribution >= 4 is 40.7 Å². The standard InChI is InChI=1S/C42H43Cl2N7O4/c1-55-41-26(19-45-22-28-9-12-38(52)48-28)16-35(43)36(50-41)17-24-8-11-33-30(24)4-2-6-32(33)34-7-3-5-31(40(34)44)25-14-15-51-37(18-25)47-21-27(42(51)54)20-46-23-29-10-13-39(53)49-29/h2-7,14-16,18,21,24,28-29,45-46H,8-13,17,19-20,22-23H2,1H3,(H,48,52)(H,49,53)/t24-,28-,29+/m1/s1. The first-order valence-electron chi connectivity index (χ1n) is 18.9. The van der Waals surface area contributed by atoms with Crippen LogP contribution in [0.1, 0.15) is 66.0 Å². The van der Waals surface area contributed by atoms with Crippen LogP contribution in [0.5, 0.6) is 5.88 Å². The summed E-state index contributed by atoms with van der Waals surface area (Å²) in [5.41, 5.74) is 8.97. The molecule has 2 fully saturated rings. The van der Waals surface area contributed by atoms with Gasteiger partial charge in [-0.15, -0.1) is 0 Å². The maximum Gasteiger partial charge on any atom is 0.262 e. The normalized spacial score (nSPS) is 19.1. The van der Waals surface area contributed by atoms with Crippen LogP contribution in [-0.4, -0.2) is 58.5 Å². The minimum absolute atomic E-state index is 0.0691. The van der Waals surface area contributed by atoms with Gasteiger partial charge in [0, 0.05) is 85.8 Å². The van der Waals surface area contributed by atoms with Crippen LogP contribution in [0.4, 0.5) is 0 Å². The molecule has 0 bridgehead atoms. The van der Waals surface area contributed by atoms with Crippen molar-refractivity contribution in [1.29, 1.82) is 0 Å². The Morgan fingerprint density at radius 2 is 1.53 bits per heavy atom. The van der Waals surface area contributed by atoms with Gasteiger partial charge in [0.25, 0.3) is 5.56 Å². The lowest BCUT2D eigenvalue weighted by Crippen LogP contribution is -2.36. The number of hydrogen-bond donors (Lipinski definition) is 4. The summed E-state index contributed by atoms with van der Waals surface area (Å²) in [4.78, 5) is 45.9. The van der Waals surface area contributed by atoms with Gasteiger partial charge in [0.1, 0.15) is 5.65 Å². The van der Waals surface area contributed by atoms with Crippen LogP contribution < -0.4 is 31.6 Å². The van der Waals surface area contributed by atoms with Crippen molar-refractivity contribution in [1.82, 2.24) is 35.6 Å². The lowest BCUT2D eigenvalue weighted by atomic mass is 9.91. The number of pyridine rings is 2. The number of benzene rings is 2. The van der Waals surface area contributed by atoms with Crippen molar-refractivity contribution in [3.63, 3.8) is 0 Å². The number of aromatic nitrogens is 3. The molecule has 0 saturated carbocycles. The first-order valence-corrected chi connectivity index (χ1v) is 19.6. The van der Waals surface area contributed by atoms with E-state index in [1.807, 2.05) is 30.3 Å². The van der Waals surface area contributed by atoms with Gasteiger partial charge in [0.15, 0.2) is 0 Å². The third-order valence-corrected chi connectivity index (χ3v) is 11.8. The van der Waals surface area contributed by atoms with Gasteiger partial charge in [-0.3, -0.25) is 18.8 Å². The third kappa shape index (κ3) is 7.84. The number of ether oxygens (including phenoxy) is 1. The zero-order valence-electron chi connectivity index (χ0n) is 30.6. The molecular formula is C42H43Cl2N7O4. The first kappa shape index (κ1) is 37.1. The summed E-state index contributed by atoms with van der Waals surface area (Å²) in [5.74, 6) is 0.953. The maximum absolute atomic E-state index is 13.3. The van der Waals surface area contributed by atoms with Gasteiger partial charge >= 0.3 is 0 Å². The molecule has 13 heteroatoms. The molecule has 1 aliphatic carbocycles. The van der Waals surface area contributed by atoms with E-state index in [1.165, 1.54) is 11.1 Å². The second kappa shape index (κ2) is 16.1. The van der Waals surface area contributed by atoms with Gasteiger partial charge in [-0.05, 0) is 78.5 Å². The number of methoxy groups -OCH3 is 1. The summed E-state index contributed by atoms with van der Waals surface area (Å²) < 4.78 is 7.25. The number of carbonyl (C=O) groups excluding carboxylic acids is 2. The average Bonchev–Trinajstić information content (AvgIpc) is 3.93. The summed E-state index contributed by atoms with van der Waals surface area (Å²) in [6.07, 6.45) is 8.66. The molecule has 8 rings (SSSR count). The molecule has 2 aliphatic heterocycles. The second-order valence-electron chi connectivity index (χ2n) is 14.7. The smallest absolute Gasteiger partial charge is 0.262 e. The number of carbonyl (C=O) groups is 2. The highest BCUT2D eigenvalue weighted by molar-refractivity contribution is 6.36. The molecule has 4 N–H and O–H groups in total. The van der Waals surface area contributed by atoms with Gasteiger partial charge in [0.05, 0.1) is 22.8 Å². The summed E-state index contributed by atoms with van der Waals surface area (Å²) in [7, 11) is 1.63. The Morgan fingerprint density at radius 1 is 0.836 bits per heavy atom. The lowest BCUT2D eigenvalue weighted by molar-refractivity contribution is -0.120. The lowest BCUT2D eigenvalue weighted by Gasteiger charge is -2.17. The van der Waals surface area contributed by atoms with E-state index in [1.54, 1.807) is 23.9 Å². The third-order valence-electron chi connectivity index (χ3n) is 11.1. The van der Waals surface area contributed by atoms with Gasteiger partial charge in [0.2, 0.25) is 17.7 Å². The van der Waals surface area contributed by atoms with E-state index in [0.29, 0.717) is 72.6 Å². The molecule has 2 amide bonds. The molecule has 3 aromatic heterocycles. The average molecular weight is 781 g/mol. The van der Waals surface area contributed by atoms with E-state index in [9.17, 15) is 14.4 Å². The van der Waals surface area contributed by atoms with Crippen molar-refractivity contribution in [3.05, 3.63) is 115 Å². The number of nitrogens with zero attached hydrogens (tertiary/aromatic N) is 3. The summed E-state index contributed by atoms with van der Waals surface area (Å²) in [6, 6.07) is 18.5. The van der Waals surface area contributed by atoms with E-state index >= 15 is 0 Å². The predicted molar refractivity (Wildman–Crippen MR) is 214 cm³/mol. The van der Waals surface area contributed by atoms with Gasteiger partial charge < -0.3 is 26.0 Å². The number of amides is 2. The van der Waals surface area contributed by atoms with E-state index in [0.717, 1.165) is 59.2 Å². The van der Waals surface area contributed by atoms with Crippen molar-refractivity contribution in [3.8, 4) is 28.1 Å². The number of halogens is 2. The molecule has 3 aliphatic rings. The van der Waals surface area contributed by atoms with Crippen molar-refractivity contribution < 1.29 is 14.3 Å². The number of hydrogen-bond acceptors (Lipinski definition) is 8. The summed E-state index contributed by atoms with van der Waals surface area (Å²) in [6.45, 7) is 2.18. The fourth-order valence-corrected chi connectivity index (χ4v) is 8.81. The molecular weight excluding hydrogens is 737 g/mol. The van der Waals surface area contributed by atoms with E-state index in [2.05, 4.69) is 50.5 Å². The highest BCUT2D eigenvalue weighted by Crippen LogP contribution is 2.44. The highest BCUT2D eigenvalue weighted by Gasteiger charge is 2.28. The molecule has 5 heterocycles. The van der Waals surface area contributed by atoms with Crippen LogP contribution in [0.25, 0.3) is 27.9 Å². The minimum Gasteiger partial charge on any atom is -0.481 e. The van der Waals surface area contributed by atoms with Crippen LogP contribution >= 0.6 is 23.2 Å². The number of nitrogens with one attached hydrogen (secondary N) is 4. The van der Waals surface area contributed by atoms with E-state index in [4.69, 9.17) is 32.9 Å². The fraction of sp³-hybridized carbons (Fsp3) is 0.357. The van der Waals surface area contributed by atoms with Crippen molar-refractivity contribution in [2.24, 2.45) is 0 Å². The number of rotatable bonds is 13. The van der Waals surface area contributed by atoms with Gasteiger partial charge in [-0.25, -0.2) is 9.97 Å². The Labute approximate surface area is 329 Å². The zero-order chi connectivity index (χ0) is 38.1. The molecule has 3 atom stereocenters. The van der Waals surface area contributed by atoms with Gasteiger partial charge in [-0.2, -0.15) is 0 Å². The van der Waals surface area contributed by atoms with Crippen LogP contribution in [0.15, 0.2) is 71.8 Å². The predicted octanol–water partition coefficient (Wildman–Crippen LogP) is 5.75. The SMILES string of the molecule is COc1nc(C[C@H]2CCc3c(-c4cccc(-c5ccn6c(=O)c(CNC[C@@H]7CCC(=O)N7)cnc6c5)c4Cl)cccc32)c(Cl)cc1CNC[C@H]1CCC(=O)N1. The fourth-order valence-electron chi connectivity index (χ4n) is 8.22. The van der Waals surface area contributed by atoms with Gasteiger partial charge in [-0.1, -0.05) is 59.6 Å². The Morgan fingerprint density at radius 3 is 2.24 bits per heavy atom. The van der Waals surface area contributed by atoms with Crippen LogP contribution in [0.2, 0.25) is 10.0 Å². The van der Waals surface area contributed by atoms with E-state index in [-0.39, 0.29) is 35.4 Å². The Balaban J connectivity index is 0.985. The van der Waals surface area contributed by atoms with Crippen molar-refractivity contribution in [2.45, 2.75) is 76.0 Å². The maximum atomic E-state index is 13.3. The van der Waals surface area contributed by atoms with E-state index < -0.39 is 0 Å². The Hall–Kier alpha value is -4.81. The Kier molecular flexibility index (Phi) is 10.9. The molecule has 0 radical (unpaired) electrons. The molecule has 2 aromatic carbocycles. The van der Waals surface area contributed by atoms with Crippen LogP contribution in [0.3, 0.4) is 0 Å². The largest absolute Gasteiger partial charge is 0.481 e. The topological polar surface area (TPSA) is 139 Å². The monoisotopic (exact) mass is 779 g/mol. The van der Waals surface area contributed by atoms with Crippen LogP contribution in [-0.2, 0) is 35.5 Å². The Bertz CT molecular complexity index is 2350.